The molecule has 5 heteroatoms. The molecule has 0 saturated carbocycles. The van der Waals surface area contributed by atoms with Crippen molar-refractivity contribution in [3.05, 3.63) is 41.7 Å². The van der Waals surface area contributed by atoms with Crippen LogP contribution in [0.3, 0.4) is 0 Å². The van der Waals surface area contributed by atoms with E-state index < -0.39 is 0 Å². The highest BCUT2D eigenvalue weighted by molar-refractivity contribution is 5.21. The molecule has 1 atom stereocenters. The van der Waals surface area contributed by atoms with Gasteiger partial charge in [-0.2, -0.15) is 5.10 Å². The Bertz CT molecular complexity index is 506. The van der Waals surface area contributed by atoms with Crippen LogP contribution in [-0.2, 0) is 13.0 Å². The van der Waals surface area contributed by atoms with Gasteiger partial charge >= 0.3 is 0 Å². The minimum atomic E-state index is 0.167. The van der Waals surface area contributed by atoms with Crippen LogP contribution in [0.2, 0.25) is 0 Å². The Morgan fingerprint density at radius 1 is 1.39 bits per heavy atom. The van der Waals surface area contributed by atoms with Gasteiger partial charge in [-0.15, -0.1) is 0 Å². The van der Waals surface area contributed by atoms with Gasteiger partial charge in [0.15, 0.2) is 0 Å². The molecular weight excluding hydrogens is 226 g/mol. The van der Waals surface area contributed by atoms with Crippen LogP contribution in [0.4, 0.5) is 0 Å². The molecule has 0 bridgehead atoms. The third-order valence-electron chi connectivity index (χ3n) is 3.11. The summed E-state index contributed by atoms with van der Waals surface area (Å²) in [6.45, 7) is 4.99. The summed E-state index contributed by atoms with van der Waals surface area (Å²) in [5.41, 5.74) is 2.27. The van der Waals surface area contributed by atoms with Crippen LogP contribution in [0, 0.1) is 6.92 Å². The van der Waals surface area contributed by atoms with Crippen LogP contribution < -0.4 is 5.32 Å². The van der Waals surface area contributed by atoms with Crippen LogP contribution in [0.1, 0.15) is 30.0 Å². The van der Waals surface area contributed by atoms with Crippen LogP contribution in [0.25, 0.3) is 0 Å². The van der Waals surface area contributed by atoms with E-state index >= 15 is 0 Å². The maximum atomic E-state index is 4.47. The zero-order chi connectivity index (χ0) is 13.0. The normalized spacial score (nSPS) is 12.6. The topological polar surface area (TPSA) is 55.6 Å². The third kappa shape index (κ3) is 2.56. The summed E-state index contributed by atoms with van der Waals surface area (Å²) in [5, 5.41) is 7.50. The maximum absolute atomic E-state index is 4.47. The molecule has 2 heterocycles. The lowest BCUT2D eigenvalue weighted by atomic mass is 10.0. The van der Waals surface area contributed by atoms with E-state index in [9.17, 15) is 0 Å². The van der Waals surface area contributed by atoms with Crippen molar-refractivity contribution >= 4 is 0 Å². The molecule has 1 N–H and O–H groups in total. The number of rotatable bonds is 5. The lowest BCUT2D eigenvalue weighted by Crippen LogP contribution is -2.23. The molecule has 0 aliphatic carbocycles. The third-order valence-corrected chi connectivity index (χ3v) is 3.11. The molecule has 0 fully saturated rings. The van der Waals surface area contributed by atoms with E-state index in [0.717, 1.165) is 24.5 Å². The van der Waals surface area contributed by atoms with Gasteiger partial charge in [0.1, 0.15) is 12.2 Å². The fraction of sp³-hybridized carbons (Fsp3) is 0.462. The Balaban J connectivity index is 2.23. The number of aromatic nitrogens is 4. The van der Waals surface area contributed by atoms with Gasteiger partial charge in [-0.05, 0) is 32.5 Å². The largest absolute Gasteiger partial charge is 0.311 e. The van der Waals surface area contributed by atoms with E-state index in [1.165, 1.54) is 5.56 Å². The van der Waals surface area contributed by atoms with Crippen molar-refractivity contribution in [1.29, 1.82) is 0 Å². The first-order valence-electron chi connectivity index (χ1n) is 6.21. The second kappa shape index (κ2) is 5.73. The van der Waals surface area contributed by atoms with Crippen molar-refractivity contribution in [3.8, 4) is 0 Å². The first kappa shape index (κ1) is 12.7. The predicted octanol–water partition coefficient (Wildman–Crippen LogP) is 1.50. The molecule has 0 aromatic carbocycles. The second-order valence-corrected chi connectivity index (χ2v) is 4.24. The van der Waals surface area contributed by atoms with Crippen LogP contribution in [0.5, 0.6) is 0 Å². The van der Waals surface area contributed by atoms with Gasteiger partial charge < -0.3 is 5.32 Å². The number of hydrogen-bond donors (Lipinski definition) is 1. The summed E-state index contributed by atoms with van der Waals surface area (Å²) >= 11 is 0. The predicted molar refractivity (Wildman–Crippen MR) is 70.2 cm³/mol. The highest BCUT2D eigenvalue weighted by atomic mass is 15.3. The molecule has 0 amide bonds. The molecule has 2 rings (SSSR count). The number of hydrogen-bond acceptors (Lipinski definition) is 4. The summed E-state index contributed by atoms with van der Waals surface area (Å²) in [6, 6.07) is 4.21. The summed E-state index contributed by atoms with van der Waals surface area (Å²) in [6.07, 6.45) is 4.23. The summed E-state index contributed by atoms with van der Waals surface area (Å²) < 4.78 is 1.92. The first-order valence-corrected chi connectivity index (χ1v) is 6.21. The maximum Gasteiger partial charge on any atom is 0.138 e. The summed E-state index contributed by atoms with van der Waals surface area (Å²) in [5.74, 6) is 0.988. The van der Waals surface area contributed by atoms with Gasteiger partial charge in [0.25, 0.3) is 0 Å². The van der Waals surface area contributed by atoms with Gasteiger partial charge in [-0.1, -0.05) is 6.07 Å². The number of nitrogens with one attached hydrogen (secondary N) is 1. The second-order valence-electron chi connectivity index (χ2n) is 4.24. The Morgan fingerprint density at radius 3 is 2.89 bits per heavy atom. The van der Waals surface area contributed by atoms with Crippen molar-refractivity contribution < 1.29 is 0 Å². The molecule has 0 saturated heterocycles. The highest BCUT2D eigenvalue weighted by Gasteiger charge is 2.16. The molecule has 2 aromatic rings. The Hall–Kier alpha value is -1.75. The molecule has 0 aliphatic rings. The quantitative estimate of drug-likeness (QED) is 0.867. The molecule has 18 heavy (non-hydrogen) atoms. The van der Waals surface area contributed by atoms with Crippen molar-refractivity contribution in [1.82, 2.24) is 25.1 Å². The fourth-order valence-corrected chi connectivity index (χ4v) is 2.09. The van der Waals surface area contributed by atoms with Gasteiger partial charge in [0, 0.05) is 19.2 Å². The highest BCUT2D eigenvalue weighted by Crippen LogP contribution is 2.18. The lowest BCUT2D eigenvalue weighted by Gasteiger charge is -2.17. The Kier molecular flexibility index (Phi) is 4.04. The van der Waals surface area contributed by atoms with Crippen LogP contribution in [-0.4, -0.2) is 26.8 Å². The zero-order valence-electron chi connectivity index (χ0n) is 11.1. The SMILES string of the molecule is CCn1ncnc1CC(NC)c1ncccc1C. The van der Waals surface area contributed by atoms with Crippen molar-refractivity contribution in [2.75, 3.05) is 7.05 Å². The first-order chi connectivity index (χ1) is 8.76. The molecule has 1 unspecified atom stereocenters. The van der Waals surface area contributed by atoms with Crippen LogP contribution in [0.15, 0.2) is 24.7 Å². The minimum Gasteiger partial charge on any atom is -0.311 e. The number of nitrogens with zero attached hydrogens (tertiary/aromatic N) is 4. The van der Waals surface area contributed by atoms with E-state index in [4.69, 9.17) is 0 Å². The smallest absolute Gasteiger partial charge is 0.138 e. The van der Waals surface area contributed by atoms with E-state index in [0.29, 0.717) is 0 Å². The van der Waals surface area contributed by atoms with Crippen molar-refractivity contribution in [2.45, 2.75) is 32.9 Å². The molecule has 0 spiro atoms. The van der Waals surface area contributed by atoms with Crippen molar-refractivity contribution in [3.63, 3.8) is 0 Å². The number of likely N-dealkylation sites (N-methyl/N-ethyl adjacent to an activating group) is 1. The van der Waals surface area contributed by atoms with Gasteiger partial charge in [0.2, 0.25) is 0 Å². The lowest BCUT2D eigenvalue weighted by molar-refractivity contribution is 0.522. The fourth-order valence-electron chi connectivity index (χ4n) is 2.09. The Morgan fingerprint density at radius 2 is 2.22 bits per heavy atom. The van der Waals surface area contributed by atoms with Gasteiger partial charge in [-0.3, -0.25) is 9.67 Å². The standard InChI is InChI=1S/C13H19N5/c1-4-18-12(16-9-17-18)8-11(14-3)13-10(2)6-5-7-15-13/h5-7,9,11,14H,4,8H2,1-3H3. The average molecular weight is 245 g/mol. The molecule has 96 valence electrons. The van der Waals surface area contributed by atoms with Crippen molar-refractivity contribution in [2.24, 2.45) is 0 Å². The molecular formula is C13H19N5. The summed E-state index contributed by atoms with van der Waals surface area (Å²) in [4.78, 5) is 8.78. The minimum absolute atomic E-state index is 0.167. The average Bonchev–Trinajstić information content (AvgIpc) is 2.84. The van der Waals surface area contributed by atoms with Gasteiger partial charge in [0.05, 0.1) is 11.7 Å². The van der Waals surface area contributed by atoms with E-state index in [-0.39, 0.29) is 6.04 Å². The monoisotopic (exact) mass is 245 g/mol. The van der Waals surface area contributed by atoms with Gasteiger partial charge in [-0.25, -0.2) is 4.98 Å². The molecule has 0 aliphatic heterocycles. The van der Waals surface area contributed by atoms with Crippen LogP contribution >= 0.6 is 0 Å². The van der Waals surface area contributed by atoms with E-state index in [2.05, 4.69) is 40.3 Å². The number of aryl methyl sites for hydroxylation is 2. The van der Waals surface area contributed by atoms with E-state index in [1.54, 1.807) is 6.33 Å². The van der Waals surface area contributed by atoms with E-state index in [1.807, 2.05) is 24.0 Å². The summed E-state index contributed by atoms with van der Waals surface area (Å²) in [7, 11) is 1.95. The molecule has 0 radical (unpaired) electrons. The Labute approximate surface area is 107 Å². The number of pyridine rings is 1. The molecule has 2 aromatic heterocycles. The zero-order valence-corrected chi connectivity index (χ0v) is 11.1. The molecule has 5 nitrogen and oxygen atoms in total.